The fourth-order valence-electron chi connectivity index (χ4n) is 4.07. The normalized spacial score (nSPS) is 29.5. The summed E-state index contributed by atoms with van der Waals surface area (Å²) in [5.41, 5.74) is 1.20. The maximum absolute atomic E-state index is 4.73. The highest BCUT2D eigenvalue weighted by atomic mass is 15.3. The molecule has 1 aromatic heterocycles. The molecule has 3 nitrogen and oxygen atoms in total. The first-order valence-corrected chi connectivity index (χ1v) is 8.07. The number of aromatic nitrogens is 2. The van der Waals surface area contributed by atoms with E-state index in [1.54, 1.807) is 0 Å². The van der Waals surface area contributed by atoms with Crippen molar-refractivity contribution in [3.8, 4) is 0 Å². The topological polar surface area (TPSA) is 29.9 Å². The van der Waals surface area contributed by atoms with Crippen molar-refractivity contribution in [1.82, 2.24) is 15.1 Å². The second kappa shape index (κ2) is 5.66. The van der Waals surface area contributed by atoms with Crippen molar-refractivity contribution < 1.29 is 0 Å². The minimum absolute atomic E-state index is 0.566. The maximum Gasteiger partial charge on any atom is 0.0762 e. The predicted molar refractivity (Wildman–Crippen MR) is 77.9 cm³/mol. The molecule has 2 saturated carbocycles. The van der Waals surface area contributed by atoms with E-state index < -0.39 is 0 Å². The molecule has 3 atom stereocenters. The fraction of sp³-hybridized carbons (Fsp3) is 0.812. The van der Waals surface area contributed by atoms with E-state index in [0.29, 0.717) is 6.04 Å². The summed E-state index contributed by atoms with van der Waals surface area (Å²) in [5.74, 6) is 1.97. The Labute approximate surface area is 116 Å². The first-order valence-electron chi connectivity index (χ1n) is 8.07. The van der Waals surface area contributed by atoms with E-state index in [-0.39, 0.29) is 0 Å². The van der Waals surface area contributed by atoms with Gasteiger partial charge in [-0.3, -0.25) is 4.68 Å². The molecule has 1 heterocycles. The Morgan fingerprint density at radius 3 is 2.79 bits per heavy atom. The molecule has 0 aliphatic heterocycles. The summed E-state index contributed by atoms with van der Waals surface area (Å²) >= 11 is 0. The molecule has 0 saturated heterocycles. The zero-order chi connectivity index (χ0) is 13.2. The van der Waals surface area contributed by atoms with Gasteiger partial charge in [-0.05, 0) is 50.0 Å². The highest BCUT2D eigenvalue weighted by molar-refractivity contribution is 5.01. The van der Waals surface area contributed by atoms with Gasteiger partial charge in [-0.1, -0.05) is 20.3 Å². The molecule has 0 aromatic carbocycles. The van der Waals surface area contributed by atoms with Gasteiger partial charge in [0.2, 0.25) is 0 Å². The highest BCUT2D eigenvalue weighted by Crippen LogP contribution is 2.44. The Bertz CT molecular complexity index is 408. The van der Waals surface area contributed by atoms with Crippen LogP contribution in [0.1, 0.15) is 64.1 Å². The smallest absolute Gasteiger partial charge is 0.0762 e. The highest BCUT2D eigenvalue weighted by Gasteiger charge is 2.39. The van der Waals surface area contributed by atoms with Crippen LogP contribution < -0.4 is 5.32 Å². The number of hydrogen-bond acceptors (Lipinski definition) is 2. The van der Waals surface area contributed by atoms with Crippen molar-refractivity contribution in [2.45, 2.75) is 71.0 Å². The summed E-state index contributed by atoms with van der Waals surface area (Å²) in [6.07, 6.45) is 10.3. The van der Waals surface area contributed by atoms with Crippen molar-refractivity contribution in [1.29, 1.82) is 0 Å². The van der Waals surface area contributed by atoms with E-state index >= 15 is 0 Å². The zero-order valence-corrected chi connectivity index (χ0v) is 12.3. The van der Waals surface area contributed by atoms with E-state index in [4.69, 9.17) is 5.10 Å². The molecule has 3 unspecified atom stereocenters. The number of nitrogens with one attached hydrogen (secondary N) is 1. The standard InChI is InChI=1S/C16H27N3/c1-3-15(4-2)19-8-7-14(18-19)11-17-16-10-12-5-6-13(16)9-12/h7-8,12-13,15-17H,3-6,9-11H2,1-2H3. The molecule has 1 N–H and O–H groups in total. The third-order valence-electron chi connectivity index (χ3n) is 5.26. The summed E-state index contributed by atoms with van der Waals surface area (Å²) < 4.78 is 2.15. The van der Waals surface area contributed by atoms with Crippen LogP contribution in [0.4, 0.5) is 0 Å². The number of rotatable bonds is 6. The summed E-state index contributed by atoms with van der Waals surface area (Å²) in [6, 6.07) is 3.51. The van der Waals surface area contributed by atoms with Crippen LogP contribution in [0.25, 0.3) is 0 Å². The molecule has 0 spiro atoms. The zero-order valence-electron chi connectivity index (χ0n) is 12.3. The molecule has 106 valence electrons. The average molecular weight is 261 g/mol. The third-order valence-corrected chi connectivity index (χ3v) is 5.26. The molecule has 2 bridgehead atoms. The lowest BCUT2D eigenvalue weighted by Gasteiger charge is -2.22. The van der Waals surface area contributed by atoms with Crippen molar-refractivity contribution >= 4 is 0 Å². The summed E-state index contributed by atoms with van der Waals surface area (Å²) in [6.45, 7) is 5.42. The minimum Gasteiger partial charge on any atom is -0.308 e. The second-order valence-corrected chi connectivity index (χ2v) is 6.42. The summed E-state index contributed by atoms with van der Waals surface area (Å²) in [4.78, 5) is 0. The monoisotopic (exact) mass is 261 g/mol. The van der Waals surface area contributed by atoms with Crippen molar-refractivity contribution in [3.63, 3.8) is 0 Å². The van der Waals surface area contributed by atoms with Gasteiger partial charge < -0.3 is 5.32 Å². The Hall–Kier alpha value is -0.830. The van der Waals surface area contributed by atoms with Gasteiger partial charge in [0.25, 0.3) is 0 Å². The molecule has 0 radical (unpaired) electrons. The molecule has 2 aliphatic rings. The number of fused-ring (bicyclic) bond motifs is 2. The largest absolute Gasteiger partial charge is 0.308 e. The first kappa shape index (κ1) is 13.2. The Balaban J connectivity index is 1.53. The lowest BCUT2D eigenvalue weighted by atomic mass is 9.95. The quantitative estimate of drug-likeness (QED) is 0.849. The van der Waals surface area contributed by atoms with Crippen molar-refractivity contribution in [2.75, 3.05) is 0 Å². The summed E-state index contributed by atoms with van der Waals surface area (Å²) in [7, 11) is 0. The Kier molecular flexibility index (Phi) is 3.92. The van der Waals surface area contributed by atoms with Crippen LogP contribution in [-0.4, -0.2) is 15.8 Å². The van der Waals surface area contributed by atoms with Gasteiger partial charge in [-0.15, -0.1) is 0 Å². The van der Waals surface area contributed by atoms with Crippen molar-refractivity contribution in [2.24, 2.45) is 11.8 Å². The molecule has 19 heavy (non-hydrogen) atoms. The van der Waals surface area contributed by atoms with Crippen LogP contribution in [0.3, 0.4) is 0 Å². The van der Waals surface area contributed by atoms with Gasteiger partial charge in [-0.2, -0.15) is 5.10 Å². The molecule has 1 aromatic rings. The first-order chi connectivity index (χ1) is 9.30. The van der Waals surface area contributed by atoms with Gasteiger partial charge in [0, 0.05) is 18.8 Å². The van der Waals surface area contributed by atoms with Crippen LogP contribution >= 0.6 is 0 Å². The number of hydrogen-bond donors (Lipinski definition) is 1. The minimum atomic E-state index is 0.566. The van der Waals surface area contributed by atoms with Crippen LogP contribution in [0.2, 0.25) is 0 Å². The maximum atomic E-state index is 4.73. The van der Waals surface area contributed by atoms with Gasteiger partial charge in [0.05, 0.1) is 11.7 Å². The molecule has 2 fully saturated rings. The fourth-order valence-corrected chi connectivity index (χ4v) is 4.07. The molecule has 3 heteroatoms. The predicted octanol–water partition coefficient (Wildman–Crippen LogP) is 3.52. The summed E-state index contributed by atoms with van der Waals surface area (Å²) in [5, 5.41) is 8.47. The Morgan fingerprint density at radius 2 is 2.16 bits per heavy atom. The van der Waals surface area contributed by atoms with Gasteiger partial charge in [0.1, 0.15) is 0 Å². The molecule has 2 aliphatic carbocycles. The molecular weight excluding hydrogens is 234 g/mol. The van der Waals surface area contributed by atoms with Gasteiger partial charge in [0.15, 0.2) is 0 Å². The van der Waals surface area contributed by atoms with E-state index in [0.717, 1.165) is 37.3 Å². The van der Waals surface area contributed by atoms with E-state index in [1.165, 1.54) is 31.4 Å². The van der Waals surface area contributed by atoms with E-state index in [1.807, 2.05) is 0 Å². The second-order valence-electron chi connectivity index (χ2n) is 6.42. The van der Waals surface area contributed by atoms with E-state index in [9.17, 15) is 0 Å². The average Bonchev–Trinajstić information content (AvgIpc) is 3.14. The van der Waals surface area contributed by atoms with Crippen molar-refractivity contribution in [3.05, 3.63) is 18.0 Å². The molecular formula is C16H27N3. The number of nitrogens with zero attached hydrogens (tertiary/aromatic N) is 2. The van der Waals surface area contributed by atoms with Gasteiger partial charge >= 0.3 is 0 Å². The lowest BCUT2D eigenvalue weighted by molar-refractivity contribution is 0.347. The van der Waals surface area contributed by atoms with Gasteiger partial charge in [-0.25, -0.2) is 0 Å². The lowest BCUT2D eigenvalue weighted by Crippen LogP contribution is -2.33. The van der Waals surface area contributed by atoms with Crippen LogP contribution in [0.15, 0.2) is 12.3 Å². The van der Waals surface area contributed by atoms with E-state index in [2.05, 4.69) is 36.1 Å². The molecule has 0 amide bonds. The SMILES string of the molecule is CCC(CC)n1ccc(CNC2CC3CCC2C3)n1. The third kappa shape index (κ3) is 2.71. The van der Waals surface area contributed by atoms with Crippen LogP contribution in [0.5, 0.6) is 0 Å². The Morgan fingerprint density at radius 1 is 1.32 bits per heavy atom. The van der Waals surface area contributed by atoms with Crippen LogP contribution in [0, 0.1) is 11.8 Å². The molecule has 3 rings (SSSR count). The van der Waals surface area contributed by atoms with Crippen LogP contribution in [-0.2, 0) is 6.54 Å².